The minimum atomic E-state index is -0.309. The molecule has 0 amide bonds. The monoisotopic (exact) mass is 273 g/mol. The molecular formula is C18H11NO2. The highest BCUT2D eigenvalue weighted by atomic mass is 16.6. The van der Waals surface area contributed by atoms with Crippen LogP contribution >= 0.6 is 0 Å². The molecule has 0 bridgehead atoms. The molecule has 0 fully saturated rings. The minimum absolute atomic E-state index is 0.161. The van der Waals surface area contributed by atoms with Crippen molar-refractivity contribution in [1.29, 1.82) is 0 Å². The van der Waals surface area contributed by atoms with E-state index in [1.165, 1.54) is 0 Å². The number of hydrogen-bond donors (Lipinski definition) is 0. The summed E-state index contributed by atoms with van der Waals surface area (Å²) < 4.78 is 0. The van der Waals surface area contributed by atoms with Crippen LogP contribution in [-0.2, 0) is 0 Å². The average molecular weight is 273 g/mol. The van der Waals surface area contributed by atoms with Gasteiger partial charge in [-0.25, -0.2) is 0 Å². The van der Waals surface area contributed by atoms with Gasteiger partial charge in [-0.05, 0) is 33.0 Å². The Morgan fingerprint density at radius 2 is 1.33 bits per heavy atom. The minimum Gasteiger partial charge on any atom is -0.258 e. The van der Waals surface area contributed by atoms with Crippen LogP contribution in [0.5, 0.6) is 0 Å². The molecule has 0 radical (unpaired) electrons. The summed E-state index contributed by atoms with van der Waals surface area (Å²) in [6.07, 6.45) is 0. The van der Waals surface area contributed by atoms with E-state index in [4.69, 9.17) is 0 Å². The van der Waals surface area contributed by atoms with Crippen molar-refractivity contribution in [2.45, 2.75) is 0 Å². The quantitative estimate of drug-likeness (QED) is 0.276. The lowest BCUT2D eigenvalue weighted by atomic mass is 9.95. The Morgan fingerprint density at radius 3 is 2.10 bits per heavy atom. The third-order valence-corrected chi connectivity index (χ3v) is 3.92. The number of non-ortho nitro benzene ring substituents is 1. The van der Waals surface area contributed by atoms with Gasteiger partial charge >= 0.3 is 0 Å². The molecule has 0 unspecified atom stereocenters. The third kappa shape index (κ3) is 1.68. The van der Waals surface area contributed by atoms with Crippen molar-refractivity contribution < 1.29 is 4.92 Å². The number of benzene rings is 4. The number of fused-ring (bicyclic) bond motifs is 5. The highest BCUT2D eigenvalue weighted by Crippen LogP contribution is 2.36. The van der Waals surface area contributed by atoms with Crippen LogP contribution in [0, 0.1) is 10.1 Å². The van der Waals surface area contributed by atoms with Crippen LogP contribution in [0.4, 0.5) is 5.69 Å². The van der Waals surface area contributed by atoms with E-state index in [1.54, 1.807) is 6.07 Å². The van der Waals surface area contributed by atoms with E-state index in [9.17, 15) is 10.1 Å². The predicted octanol–water partition coefficient (Wildman–Crippen LogP) is 5.05. The van der Waals surface area contributed by atoms with Crippen molar-refractivity contribution in [3.05, 3.63) is 76.8 Å². The van der Waals surface area contributed by atoms with Crippen molar-refractivity contribution in [1.82, 2.24) is 0 Å². The maximum absolute atomic E-state index is 11.3. The molecular weight excluding hydrogens is 262 g/mol. The Hall–Kier alpha value is -2.94. The molecule has 4 rings (SSSR count). The molecule has 0 saturated carbocycles. The van der Waals surface area contributed by atoms with E-state index in [1.807, 2.05) is 48.5 Å². The summed E-state index contributed by atoms with van der Waals surface area (Å²) >= 11 is 0. The first-order chi connectivity index (χ1) is 10.3. The number of nitro benzene ring substituents is 1. The predicted molar refractivity (Wildman–Crippen MR) is 85.6 cm³/mol. The van der Waals surface area contributed by atoms with E-state index >= 15 is 0 Å². The highest BCUT2D eigenvalue weighted by Gasteiger charge is 2.15. The Balaban J connectivity index is 2.34. The SMILES string of the molecule is O=[N+]([O-])c1cc2ccc3ccccc3c2c2ccccc12. The van der Waals surface area contributed by atoms with Crippen LogP contribution < -0.4 is 0 Å². The fourth-order valence-corrected chi connectivity index (χ4v) is 3.01. The number of hydrogen-bond acceptors (Lipinski definition) is 2. The Kier molecular flexibility index (Phi) is 2.42. The standard InChI is InChI=1S/C18H11NO2/c20-19(21)17-11-13-10-9-12-5-1-2-6-14(12)18(13)16-8-4-3-7-15(16)17/h1-11H. The molecule has 0 N–H and O–H groups in total. The van der Waals surface area contributed by atoms with Crippen LogP contribution in [0.1, 0.15) is 0 Å². The average Bonchev–Trinajstić information content (AvgIpc) is 2.53. The fraction of sp³-hybridized carbons (Fsp3) is 0. The molecule has 0 atom stereocenters. The van der Waals surface area contributed by atoms with Gasteiger partial charge in [0.25, 0.3) is 5.69 Å². The number of nitrogens with zero attached hydrogens (tertiary/aromatic N) is 1. The van der Waals surface area contributed by atoms with E-state index in [2.05, 4.69) is 12.1 Å². The summed E-state index contributed by atoms with van der Waals surface area (Å²) in [5, 5.41) is 17.2. The Morgan fingerprint density at radius 1 is 0.714 bits per heavy atom. The van der Waals surface area contributed by atoms with Gasteiger partial charge in [-0.1, -0.05) is 54.6 Å². The summed E-state index contributed by atoms with van der Waals surface area (Å²) in [6.45, 7) is 0. The zero-order valence-corrected chi connectivity index (χ0v) is 11.1. The van der Waals surface area contributed by atoms with Crippen molar-refractivity contribution in [3.63, 3.8) is 0 Å². The third-order valence-electron chi connectivity index (χ3n) is 3.92. The van der Waals surface area contributed by atoms with Crippen LogP contribution in [0.15, 0.2) is 66.7 Å². The molecule has 0 heterocycles. The molecule has 4 aromatic carbocycles. The lowest BCUT2D eigenvalue weighted by Gasteiger charge is -2.08. The maximum atomic E-state index is 11.3. The van der Waals surface area contributed by atoms with Gasteiger partial charge in [-0.2, -0.15) is 0 Å². The molecule has 3 heteroatoms. The highest BCUT2D eigenvalue weighted by molar-refractivity contribution is 6.22. The van der Waals surface area contributed by atoms with Crippen molar-refractivity contribution in [3.8, 4) is 0 Å². The lowest BCUT2D eigenvalue weighted by Crippen LogP contribution is -1.91. The topological polar surface area (TPSA) is 43.1 Å². The zero-order valence-electron chi connectivity index (χ0n) is 11.1. The van der Waals surface area contributed by atoms with Gasteiger partial charge in [0.2, 0.25) is 0 Å². The largest absolute Gasteiger partial charge is 0.277 e. The second kappa shape index (κ2) is 4.28. The van der Waals surface area contributed by atoms with Gasteiger partial charge in [-0.15, -0.1) is 0 Å². The lowest BCUT2D eigenvalue weighted by molar-refractivity contribution is -0.382. The molecule has 4 aromatic rings. The summed E-state index contributed by atoms with van der Waals surface area (Å²) in [4.78, 5) is 11.0. The van der Waals surface area contributed by atoms with Gasteiger partial charge in [0.05, 0.1) is 10.3 Å². The van der Waals surface area contributed by atoms with E-state index in [0.29, 0.717) is 5.39 Å². The van der Waals surface area contributed by atoms with E-state index < -0.39 is 0 Å². The zero-order chi connectivity index (χ0) is 14.4. The van der Waals surface area contributed by atoms with Crippen LogP contribution in [0.2, 0.25) is 0 Å². The normalized spacial score (nSPS) is 11.2. The number of rotatable bonds is 1. The van der Waals surface area contributed by atoms with Crippen molar-refractivity contribution >= 4 is 38.0 Å². The van der Waals surface area contributed by atoms with Crippen LogP contribution in [0.25, 0.3) is 32.3 Å². The van der Waals surface area contributed by atoms with Gasteiger partial charge in [-0.3, -0.25) is 10.1 Å². The first-order valence-electron chi connectivity index (χ1n) is 6.73. The van der Waals surface area contributed by atoms with Gasteiger partial charge in [0.15, 0.2) is 0 Å². The summed E-state index contributed by atoms with van der Waals surface area (Å²) in [5.74, 6) is 0. The molecule has 0 aliphatic rings. The smallest absolute Gasteiger partial charge is 0.258 e. The van der Waals surface area contributed by atoms with E-state index in [-0.39, 0.29) is 10.6 Å². The van der Waals surface area contributed by atoms with Crippen molar-refractivity contribution in [2.75, 3.05) is 0 Å². The molecule has 0 aliphatic heterocycles. The van der Waals surface area contributed by atoms with Crippen molar-refractivity contribution in [2.24, 2.45) is 0 Å². The van der Waals surface area contributed by atoms with Crippen LogP contribution in [0.3, 0.4) is 0 Å². The number of nitro groups is 1. The first-order valence-corrected chi connectivity index (χ1v) is 6.73. The Labute approximate surface area is 120 Å². The molecule has 100 valence electrons. The molecule has 0 aliphatic carbocycles. The summed E-state index contributed by atoms with van der Waals surface area (Å²) in [6, 6.07) is 21.3. The molecule has 21 heavy (non-hydrogen) atoms. The summed E-state index contributed by atoms with van der Waals surface area (Å²) in [5.41, 5.74) is 0.161. The summed E-state index contributed by atoms with van der Waals surface area (Å²) in [7, 11) is 0. The maximum Gasteiger partial charge on any atom is 0.277 e. The second-order valence-corrected chi connectivity index (χ2v) is 5.08. The van der Waals surface area contributed by atoms with Crippen LogP contribution in [-0.4, -0.2) is 4.92 Å². The fourth-order valence-electron chi connectivity index (χ4n) is 3.01. The second-order valence-electron chi connectivity index (χ2n) is 5.08. The molecule has 0 aromatic heterocycles. The molecule has 0 spiro atoms. The molecule has 3 nitrogen and oxygen atoms in total. The van der Waals surface area contributed by atoms with E-state index in [0.717, 1.165) is 26.9 Å². The van der Waals surface area contributed by atoms with Gasteiger partial charge in [0, 0.05) is 6.07 Å². The first kappa shape index (κ1) is 11.9. The Bertz CT molecular complexity index is 1020. The van der Waals surface area contributed by atoms with Gasteiger partial charge in [0.1, 0.15) is 0 Å². The molecule has 0 saturated heterocycles. The van der Waals surface area contributed by atoms with Gasteiger partial charge < -0.3 is 0 Å².